The van der Waals surface area contributed by atoms with Crippen molar-refractivity contribution in [2.45, 2.75) is 32.8 Å². The van der Waals surface area contributed by atoms with Crippen molar-refractivity contribution in [3.8, 4) is 11.5 Å². The zero-order valence-electron chi connectivity index (χ0n) is 16.2. The number of esters is 1. The molecule has 0 heterocycles. The fraction of sp³-hybridized carbons (Fsp3) is 0.333. The number of rotatable bonds is 7. The first-order valence-corrected chi connectivity index (χ1v) is 8.69. The smallest absolute Gasteiger partial charge is 0.339 e. The number of hydrogen-bond donors (Lipinski definition) is 1. The summed E-state index contributed by atoms with van der Waals surface area (Å²) in [6, 6.07) is 12.2. The van der Waals surface area contributed by atoms with Crippen molar-refractivity contribution in [2.24, 2.45) is 0 Å². The largest absolute Gasteiger partial charge is 0.493 e. The van der Waals surface area contributed by atoms with Crippen LogP contribution in [-0.4, -0.2) is 32.2 Å². The molecule has 0 saturated heterocycles. The van der Waals surface area contributed by atoms with Gasteiger partial charge in [-0.3, -0.25) is 4.79 Å². The lowest BCUT2D eigenvalue weighted by Crippen LogP contribution is -2.30. The Morgan fingerprint density at radius 2 is 1.52 bits per heavy atom. The van der Waals surface area contributed by atoms with Gasteiger partial charge in [0.15, 0.2) is 17.6 Å². The van der Waals surface area contributed by atoms with Gasteiger partial charge in [0, 0.05) is 5.69 Å². The van der Waals surface area contributed by atoms with Crippen molar-refractivity contribution in [3.63, 3.8) is 0 Å². The van der Waals surface area contributed by atoms with Crippen molar-refractivity contribution < 1.29 is 23.8 Å². The highest BCUT2D eigenvalue weighted by molar-refractivity contribution is 5.97. The molecule has 2 aromatic carbocycles. The van der Waals surface area contributed by atoms with Gasteiger partial charge in [-0.1, -0.05) is 26.0 Å². The molecule has 0 unspecified atom stereocenters. The highest BCUT2D eigenvalue weighted by Crippen LogP contribution is 2.28. The number of amides is 1. The van der Waals surface area contributed by atoms with E-state index in [0.717, 1.165) is 0 Å². The molecule has 6 heteroatoms. The summed E-state index contributed by atoms with van der Waals surface area (Å²) < 4.78 is 15.6. The number of methoxy groups -OCH3 is 2. The van der Waals surface area contributed by atoms with Crippen molar-refractivity contribution >= 4 is 17.6 Å². The van der Waals surface area contributed by atoms with Crippen molar-refractivity contribution in [1.82, 2.24) is 0 Å². The minimum absolute atomic E-state index is 0.272. The fourth-order valence-corrected chi connectivity index (χ4v) is 2.44. The quantitative estimate of drug-likeness (QED) is 0.745. The van der Waals surface area contributed by atoms with E-state index in [2.05, 4.69) is 19.2 Å². The van der Waals surface area contributed by atoms with Crippen LogP contribution < -0.4 is 14.8 Å². The maximum absolute atomic E-state index is 12.3. The van der Waals surface area contributed by atoms with Crippen LogP contribution in [0.3, 0.4) is 0 Å². The SMILES string of the molecule is COc1ccc(C(=O)O[C@H](C)C(=O)Nc2ccc(C(C)C)cc2)cc1OC. The second-order valence-corrected chi connectivity index (χ2v) is 6.38. The van der Waals surface area contributed by atoms with Gasteiger partial charge in [-0.05, 0) is 48.7 Å². The number of carbonyl (C=O) groups excluding carboxylic acids is 2. The summed E-state index contributed by atoms with van der Waals surface area (Å²) in [5.74, 6) is 0.310. The second-order valence-electron chi connectivity index (χ2n) is 6.38. The Bertz CT molecular complexity index is 799. The van der Waals surface area contributed by atoms with Crippen LogP contribution in [0.25, 0.3) is 0 Å². The number of anilines is 1. The Labute approximate surface area is 159 Å². The molecule has 0 aliphatic carbocycles. The maximum atomic E-state index is 12.3. The molecule has 2 aromatic rings. The van der Waals surface area contributed by atoms with Crippen molar-refractivity contribution in [1.29, 1.82) is 0 Å². The molecule has 0 aliphatic rings. The Kier molecular flexibility index (Phi) is 6.82. The molecule has 0 saturated carbocycles. The minimum Gasteiger partial charge on any atom is -0.493 e. The maximum Gasteiger partial charge on any atom is 0.339 e. The predicted molar refractivity (Wildman–Crippen MR) is 104 cm³/mol. The van der Waals surface area contributed by atoms with E-state index in [1.807, 2.05) is 24.3 Å². The molecule has 0 spiro atoms. The molecule has 1 amide bonds. The van der Waals surface area contributed by atoms with Gasteiger partial charge in [0.2, 0.25) is 0 Å². The lowest BCUT2D eigenvalue weighted by Gasteiger charge is -2.15. The molecule has 1 N–H and O–H groups in total. The summed E-state index contributed by atoms with van der Waals surface area (Å²) in [6.07, 6.45) is -0.949. The minimum atomic E-state index is -0.949. The van der Waals surface area contributed by atoms with Gasteiger partial charge < -0.3 is 19.5 Å². The van der Waals surface area contributed by atoms with Crippen LogP contribution in [0.5, 0.6) is 11.5 Å². The molecule has 0 fully saturated rings. The van der Waals surface area contributed by atoms with Gasteiger partial charge in [-0.25, -0.2) is 4.79 Å². The average Bonchev–Trinajstić information content (AvgIpc) is 2.67. The summed E-state index contributed by atoms with van der Waals surface area (Å²) >= 11 is 0. The summed E-state index contributed by atoms with van der Waals surface area (Å²) in [5.41, 5.74) is 2.10. The third-order valence-corrected chi connectivity index (χ3v) is 4.12. The molecule has 0 radical (unpaired) electrons. The second kappa shape index (κ2) is 9.07. The molecule has 0 aliphatic heterocycles. The monoisotopic (exact) mass is 371 g/mol. The first kappa shape index (κ1) is 20.3. The van der Waals surface area contributed by atoms with Crippen LogP contribution in [0.1, 0.15) is 42.6 Å². The van der Waals surface area contributed by atoms with E-state index in [1.165, 1.54) is 32.8 Å². The van der Waals surface area contributed by atoms with Crippen LogP contribution in [0.15, 0.2) is 42.5 Å². The van der Waals surface area contributed by atoms with Gasteiger partial charge in [0.25, 0.3) is 5.91 Å². The number of hydrogen-bond acceptors (Lipinski definition) is 5. The van der Waals surface area contributed by atoms with Gasteiger partial charge in [0.1, 0.15) is 0 Å². The summed E-state index contributed by atoms with van der Waals surface area (Å²) in [5, 5.41) is 2.74. The van der Waals surface area contributed by atoms with Crippen LogP contribution in [-0.2, 0) is 9.53 Å². The third kappa shape index (κ3) is 5.23. The average molecular weight is 371 g/mol. The lowest BCUT2D eigenvalue weighted by atomic mass is 10.0. The van der Waals surface area contributed by atoms with Crippen molar-refractivity contribution in [3.05, 3.63) is 53.6 Å². The molecule has 27 heavy (non-hydrogen) atoms. The van der Waals surface area contributed by atoms with E-state index >= 15 is 0 Å². The molecular weight excluding hydrogens is 346 g/mol. The van der Waals surface area contributed by atoms with Crippen LogP contribution in [0.4, 0.5) is 5.69 Å². The van der Waals surface area contributed by atoms with Gasteiger partial charge in [0.05, 0.1) is 19.8 Å². The summed E-state index contributed by atoms with van der Waals surface area (Å²) in [4.78, 5) is 24.6. The van der Waals surface area contributed by atoms with Gasteiger partial charge in [-0.2, -0.15) is 0 Å². The highest BCUT2D eigenvalue weighted by atomic mass is 16.5. The number of ether oxygens (including phenoxy) is 3. The van der Waals surface area contributed by atoms with E-state index in [4.69, 9.17) is 14.2 Å². The fourth-order valence-electron chi connectivity index (χ4n) is 2.44. The van der Waals surface area contributed by atoms with Crippen molar-refractivity contribution in [2.75, 3.05) is 19.5 Å². The number of nitrogens with one attached hydrogen (secondary N) is 1. The van der Waals surface area contributed by atoms with E-state index in [9.17, 15) is 9.59 Å². The standard InChI is InChI=1S/C21H25NO5/c1-13(2)15-6-9-17(10-7-15)22-20(23)14(3)27-21(24)16-8-11-18(25-4)19(12-16)26-5/h6-14H,1-5H3,(H,22,23)/t14-/m1/s1. The van der Waals surface area contributed by atoms with E-state index < -0.39 is 18.0 Å². The Morgan fingerprint density at radius 1 is 0.889 bits per heavy atom. The Balaban J connectivity index is 2.00. The van der Waals surface area contributed by atoms with E-state index in [1.54, 1.807) is 12.1 Å². The molecule has 2 rings (SSSR count). The predicted octanol–water partition coefficient (Wildman–Crippen LogP) is 4.01. The zero-order valence-corrected chi connectivity index (χ0v) is 16.2. The topological polar surface area (TPSA) is 73.9 Å². The molecular formula is C21H25NO5. The van der Waals surface area contributed by atoms with Crippen LogP contribution in [0.2, 0.25) is 0 Å². The Hall–Kier alpha value is -3.02. The molecule has 144 valence electrons. The molecule has 0 aromatic heterocycles. The number of carbonyl (C=O) groups is 2. The van der Waals surface area contributed by atoms with E-state index in [-0.39, 0.29) is 5.56 Å². The van der Waals surface area contributed by atoms with Crippen LogP contribution >= 0.6 is 0 Å². The van der Waals surface area contributed by atoms with Gasteiger partial charge in [-0.15, -0.1) is 0 Å². The summed E-state index contributed by atoms with van der Waals surface area (Å²) in [7, 11) is 2.99. The normalized spacial score (nSPS) is 11.6. The molecule has 6 nitrogen and oxygen atoms in total. The lowest BCUT2D eigenvalue weighted by molar-refractivity contribution is -0.123. The van der Waals surface area contributed by atoms with E-state index in [0.29, 0.717) is 23.1 Å². The zero-order chi connectivity index (χ0) is 20.0. The van der Waals surface area contributed by atoms with Crippen LogP contribution in [0, 0.1) is 0 Å². The molecule has 0 bridgehead atoms. The molecule has 1 atom stereocenters. The van der Waals surface area contributed by atoms with Gasteiger partial charge >= 0.3 is 5.97 Å². The Morgan fingerprint density at radius 3 is 2.07 bits per heavy atom. The number of benzene rings is 2. The summed E-state index contributed by atoms with van der Waals surface area (Å²) in [6.45, 7) is 5.73. The first-order valence-electron chi connectivity index (χ1n) is 8.69. The third-order valence-electron chi connectivity index (χ3n) is 4.12. The highest BCUT2D eigenvalue weighted by Gasteiger charge is 2.20. The first-order chi connectivity index (χ1) is 12.8.